The highest BCUT2D eigenvalue weighted by Crippen LogP contribution is 2.10. The van der Waals surface area contributed by atoms with Crippen LogP contribution in [0, 0.1) is 0 Å². The van der Waals surface area contributed by atoms with E-state index in [0.29, 0.717) is 0 Å². The maximum atomic E-state index is 5.08. The molecule has 2 heteroatoms. The Morgan fingerprint density at radius 2 is 1.35 bits per heavy atom. The number of benzene rings is 2. The minimum absolute atomic E-state index is 0.850. The van der Waals surface area contributed by atoms with Gasteiger partial charge in [0.2, 0.25) is 0 Å². The molecule has 2 rings (SSSR count). The van der Waals surface area contributed by atoms with E-state index in [-0.39, 0.29) is 0 Å². The molecule has 2 aromatic rings. The van der Waals surface area contributed by atoms with Crippen molar-refractivity contribution in [3.63, 3.8) is 0 Å². The van der Waals surface area contributed by atoms with Gasteiger partial charge in [-0.15, -0.1) is 0 Å². The van der Waals surface area contributed by atoms with Crippen LogP contribution in [-0.2, 0) is 10.8 Å². The van der Waals surface area contributed by atoms with Gasteiger partial charge in [0.25, 0.3) is 0 Å². The Hall–Kier alpha value is -1.90. The van der Waals surface area contributed by atoms with Crippen LogP contribution in [0.4, 0.5) is 0 Å². The first-order chi connectivity index (χ1) is 9.81. The van der Waals surface area contributed by atoms with E-state index in [2.05, 4.69) is 37.4 Å². The van der Waals surface area contributed by atoms with E-state index < -0.39 is 0 Å². The van der Waals surface area contributed by atoms with E-state index in [1.165, 1.54) is 5.56 Å². The highest BCUT2D eigenvalue weighted by atomic mass is 28.2. The van der Waals surface area contributed by atoms with E-state index in [9.17, 15) is 0 Å². The molecule has 0 bridgehead atoms. The Bertz CT molecular complexity index is 493. The molecule has 1 nitrogen and oxygen atoms in total. The molecule has 0 fully saturated rings. The molecular formula is C18H22OSi. The molecule has 0 aromatic heterocycles. The van der Waals surface area contributed by atoms with Gasteiger partial charge in [0.1, 0.15) is 10.5 Å². The van der Waals surface area contributed by atoms with Crippen LogP contribution in [0.2, 0.25) is 0 Å². The molecule has 0 unspecified atom stereocenters. The zero-order chi connectivity index (χ0) is 14.6. The number of hydrogen-bond donors (Lipinski definition) is 0. The van der Waals surface area contributed by atoms with E-state index in [1.54, 1.807) is 0 Å². The van der Waals surface area contributed by atoms with Crippen molar-refractivity contribution in [3.8, 4) is 0 Å². The zero-order valence-electron chi connectivity index (χ0n) is 12.1. The molecule has 0 aliphatic carbocycles. The van der Waals surface area contributed by atoms with Gasteiger partial charge in [0.05, 0.1) is 0 Å². The second-order valence-corrected chi connectivity index (χ2v) is 4.84. The van der Waals surface area contributed by atoms with Gasteiger partial charge in [0, 0.05) is 6.61 Å². The molecule has 104 valence electrons. The van der Waals surface area contributed by atoms with Gasteiger partial charge in [-0.3, -0.25) is 0 Å². The molecular weight excluding hydrogens is 260 g/mol. The quantitative estimate of drug-likeness (QED) is 0.763. The van der Waals surface area contributed by atoms with Crippen LogP contribution >= 0.6 is 0 Å². The monoisotopic (exact) mass is 282 g/mol. The van der Waals surface area contributed by atoms with Gasteiger partial charge in [-0.25, -0.2) is 0 Å². The molecule has 0 amide bonds. The van der Waals surface area contributed by atoms with Gasteiger partial charge in [-0.2, -0.15) is 0 Å². The van der Waals surface area contributed by atoms with Crippen LogP contribution in [0.3, 0.4) is 0 Å². The molecule has 0 N–H and O–H groups in total. The van der Waals surface area contributed by atoms with Crippen molar-refractivity contribution in [3.05, 3.63) is 84.4 Å². The second-order valence-electron chi connectivity index (χ2n) is 4.27. The standard InChI is InChI=1S/C10H10.C8H12OSi/c1-3-9-7-5-6-8-10(9)4-2;10-9-7-6-8-4-2-1-3-5-8/h3-8H,1-2H2;1-5H,6-7H2,10H3. The molecule has 0 aliphatic rings. The summed E-state index contributed by atoms with van der Waals surface area (Å²) < 4.78 is 5.08. The summed E-state index contributed by atoms with van der Waals surface area (Å²) in [5, 5.41) is 0. The first-order valence-electron chi connectivity index (χ1n) is 6.68. The highest BCUT2D eigenvalue weighted by molar-refractivity contribution is 5.97. The van der Waals surface area contributed by atoms with E-state index in [1.807, 2.05) is 42.5 Å². The van der Waals surface area contributed by atoms with Crippen LogP contribution in [0.25, 0.3) is 12.2 Å². The normalized spacial score (nSPS) is 9.40. The van der Waals surface area contributed by atoms with Crippen molar-refractivity contribution in [2.24, 2.45) is 0 Å². The maximum Gasteiger partial charge on any atom is 0.145 e. The SMILES string of the molecule is C=Cc1ccccc1C=C.[SiH3]OCCc1ccccc1. The molecule has 20 heavy (non-hydrogen) atoms. The molecule has 0 aliphatic heterocycles. The highest BCUT2D eigenvalue weighted by Gasteiger charge is 1.89. The third-order valence-electron chi connectivity index (χ3n) is 2.87. The summed E-state index contributed by atoms with van der Waals surface area (Å²) in [6.07, 6.45) is 4.71. The minimum Gasteiger partial charge on any atom is -0.428 e. The Labute approximate surface area is 125 Å². The van der Waals surface area contributed by atoms with Crippen molar-refractivity contribution in [1.29, 1.82) is 0 Å². The van der Waals surface area contributed by atoms with Crippen LogP contribution in [0.5, 0.6) is 0 Å². The molecule has 0 heterocycles. The van der Waals surface area contributed by atoms with Gasteiger partial charge in [-0.05, 0) is 23.1 Å². The average Bonchev–Trinajstić information content (AvgIpc) is 2.54. The maximum absolute atomic E-state index is 5.08. The summed E-state index contributed by atoms with van der Waals surface area (Å²) in [5.74, 6) is 0. The van der Waals surface area contributed by atoms with Crippen molar-refractivity contribution in [2.75, 3.05) is 6.61 Å². The number of hydrogen-bond acceptors (Lipinski definition) is 1. The van der Waals surface area contributed by atoms with Gasteiger partial charge >= 0.3 is 0 Å². The fourth-order valence-corrected chi connectivity index (χ4v) is 1.95. The zero-order valence-corrected chi connectivity index (χ0v) is 14.1. The van der Waals surface area contributed by atoms with Crippen molar-refractivity contribution < 1.29 is 4.43 Å². The van der Waals surface area contributed by atoms with Crippen LogP contribution in [0.15, 0.2) is 67.8 Å². The smallest absolute Gasteiger partial charge is 0.145 e. The molecule has 0 saturated carbocycles. The van der Waals surface area contributed by atoms with Gasteiger partial charge < -0.3 is 4.43 Å². The van der Waals surface area contributed by atoms with Crippen LogP contribution in [0.1, 0.15) is 16.7 Å². The third-order valence-corrected chi connectivity index (χ3v) is 3.28. The summed E-state index contributed by atoms with van der Waals surface area (Å²) in [6.45, 7) is 8.25. The molecule has 2 aromatic carbocycles. The lowest BCUT2D eigenvalue weighted by Gasteiger charge is -1.97. The Balaban J connectivity index is 0.000000200. The van der Waals surface area contributed by atoms with Crippen molar-refractivity contribution in [1.82, 2.24) is 0 Å². The average molecular weight is 282 g/mol. The Morgan fingerprint density at radius 1 is 0.850 bits per heavy atom. The molecule has 0 spiro atoms. The lowest BCUT2D eigenvalue weighted by Crippen LogP contribution is -1.94. The van der Waals surface area contributed by atoms with Gasteiger partial charge in [-0.1, -0.05) is 79.9 Å². The van der Waals surface area contributed by atoms with Crippen molar-refractivity contribution >= 4 is 22.6 Å². The molecule has 0 saturated heterocycles. The largest absolute Gasteiger partial charge is 0.428 e. The summed E-state index contributed by atoms with van der Waals surface area (Å²) in [6, 6.07) is 18.4. The lowest BCUT2D eigenvalue weighted by molar-refractivity contribution is 0.354. The van der Waals surface area contributed by atoms with Crippen LogP contribution in [-0.4, -0.2) is 17.1 Å². The Morgan fingerprint density at radius 3 is 1.80 bits per heavy atom. The van der Waals surface area contributed by atoms with Gasteiger partial charge in [0.15, 0.2) is 0 Å². The minimum atomic E-state index is 0.850. The summed E-state index contributed by atoms with van der Waals surface area (Å²) in [4.78, 5) is 0. The van der Waals surface area contributed by atoms with E-state index in [0.717, 1.165) is 34.6 Å². The lowest BCUT2D eigenvalue weighted by atomic mass is 10.1. The van der Waals surface area contributed by atoms with E-state index >= 15 is 0 Å². The van der Waals surface area contributed by atoms with Crippen molar-refractivity contribution in [2.45, 2.75) is 6.42 Å². The summed E-state index contributed by atoms with van der Waals surface area (Å²) in [7, 11) is 0.850. The van der Waals surface area contributed by atoms with Crippen LogP contribution < -0.4 is 0 Å². The predicted octanol–water partition coefficient (Wildman–Crippen LogP) is 3.50. The first kappa shape index (κ1) is 16.2. The summed E-state index contributed by atoms with van der Waals surface area (Å²) in [5.41, 5.74) is 3.63. The fraction of sp³-hybridized carbons (Fsp3) is 0.111. The summed E-state index contributed by atoms with van der Waals surface area (Å²) >= 11 is 0. The topological polar surface area (TPSA) is 9.23 Å². The first-order valence-corrected chi connectivity index (χ1v) is 7.50. The third kappa shape index (κ3) is 5.82. The fourth-order valence-electron chi connectivity index (χ4n) is 1.75. The number of rotatable bonds is 5. The molecule has 0 atom stereocenters. The molecule has 0 radical (unpaired) electrons. The van der Waals surface area contributed by atoms with E-state index in [4.69, 9.17) is 4.43 Å². The second kappa shape index (κ2) is 9.95. The Kier molecular flexibility index (Phi) is 8.04. The predicted molar refractivity (Wildman–Crippen MR) is 92.7 cm³/mol.